The Hall–Kier alpha value is -3.41. The number of carbonyl (C=O) groups excluding carboxylic acids is 1. The Morgan fingerprint density at radius 3 is 2.52 bits per heavy atom. The predicted octanol–water partition coefficient (Wildman–Crippen LogP) is 5.05. The highest BCUT2D eigenvalue weighted by Crippen LogP contribution is 2.44. The summed E-state index contributed by atoms with van der Waals surface area (Å²) in [6.45, 7) is 5.47. The number of aryl methyl sites for hydroxylation is 2. The summed E-state index contributed by atoms with van der Waals surface area (Å²) in [5.74, 6) is 0.835. The summed E-state index contributed by atoms with van der Waals surface area (Å²) < 4.78 is 7.70. The number of ether oxygens (including phenoxy) is 1. The van der Waals surface area contributed by atoms with Crippen LogP contribution < -0.4 is 15.4 Å². The molecule has 1 saturated heterocycles. The van der Waals surface area contributed by atoms with Crippen molar-refractivity contribution in [2.45, 2.75) is 32.2 Å². The van der Waals surface area contributed by atoms with Crippen molar-refractivity contribution in [2.75, 3.05) is 30.8 Å². The molecule has 2 amide bonds. The third-order valence-electron chi connectivity index (χ3n) is 6.45. The molecular formula is C25H28N4O2. The molecule has 0 bridgehead atoms. The number of hydrogen-bond acceptors (Lipinski definition) is 3. The number of aromatic nitrogens is 1. The van der Waals surface area contributed by atoms with Gasteiger partial charge in [-0.1, -0.05) is 6.07 Å². The quantitative estimate of drug-likeness (QED) is 0.615. The molecule has 1 fully saturated rings. The molecule has 0 atom stereocenters. The van der Waals surface area contributed by atoms with Gasteiger partial charge in [0, 0.05) is 36.7 Å². The molecule has 1 spiro atoms. The molecule has 5 rings (SSSR count). The van der Waals surface area contributed by atoms with E-state index in [4.69, 9.17) is 4.74 Å². The third kappa shape index (κ3) is 3.42. The Morgan fingerprint density at radius 2 is 1.81 bits per heavy atom. The SMILES string of the molecule is COc1ccc2c(c1)NC1(CCN(C(=O)Nc3cc(C)cc(C)c3)CC1)c1cccn1-2. The number of amides is 2. The van der Waals surface area contributed by atoms with Crippen LogP contribution in [0.15, 0.2) is 54.7 Å². The van der Waals surface area contributed by atoms with Crippen molar-refractivity contribution in [1.82, 2.24) is 9.47 Å². The molecule has 3 heterocycles. The molecular weight excluding hydrogens is 388 g/mol. The van der Waals surface area contributed by atoms with Crippen molar-refractivity contribution in [3.05, 3.63) is 71.5 Å². The van der Waals surface area contributed by atoms with E-state index in [0.29, 0.717) is 13.1 Å². The zero-order valence-corrected chi connectivity index (χ0v) is 18.2. The molecule has 2 aromatic carbocycles. The molecule has 31 heavy (non-hydrogen) atoms. The van der Waals surface area contributed by atoms with Gasteiger partial charge in [0.05, 0.1) is 24.0 Å². The lowest BCUT2D eigenvalue weighted by molar-refractivity contribution is 0.174. The van der Waals surface area contributed by atoms with Gasteiger partial charge in [-0.2, -0.15) is 0 Å². The normalized spacial score (nSPS) is 16.3. The molecule has 0 radical (unpaired) electrons. The van der Waals surface area contributed by atoms with E-state index in [2.05, 4.69) is 51.7 Å². The Morgan fingerprint density at radius 1 is 1.06 bits per heavy atom. The van der Waals surface area contributed by atoms with Crippen LogP contribution in [0.4, 0.5) is 16.2 Å². The number of methoxy groups -OCH3 is 1. The van der Waals surface area contributed by atoms with E-state index in [0.717, 1.165) is 46.8 Å². The summed E-state index contributed by atoms with van der Waals surface area (Å²) in [5, 5.41) is 6.87. The number of carbonyl (C=O) groups is 1. The van der Waals surface area contributed by atoms with Crippen LogP contribution in [0.1, 0.15) is 29.7 Å². The lowest BCUT2D eigenvalue weighted by Gasteiger charge is -2.46. The average Bonchev–Trinajstić information content (AvgIpc) is 3.24. The number of benzene rings is 2. The fourth-order valence-electron chi connectivity index (χ4n) is 4.98. The Balaban J connectivity index is 1.35. The zero-order chi connectivity index (χ0) is 21.6. The lowest BCUT2D eigenvalue weighted by atomic mass is 9.82. The average molecular weight is 417 g/mol. The van der Waals surface area contributed by atoms with Gasteiger partial charge in [0.25, 0.3) is 0 Å². The molecule has 0 unspecified atom stereocenters. The fraction of sp³-hybridized carbons (Fsp3) is 0.320. The van der Waals surface area contributed by atoms with Gasteiger partial charge in [0.1, 0.15) is 5.75 Å². The molecule has 1 aromatic heterocycles. The Bertz CT molecular complexity index is 1120. The molecule has 160 valence electrons. The van der Waals surface area contributed by atoms with Crippen molar-refractivity contribution in [2.24, 2.45) is 0 Å². The van der Waals surface area contributed by atoms with Crippen molar-refractivity contribution >= 4 is 17.4 Å². The minimum absolute atomic E-state index is 0.0342. The van der Waals surface area contributed by atoms with Gasteiger partial charge in [-0.15, -0.1) is 0 Å². The summed E-state index contributed by atoms with van der Waals surface area (Å²) in [4.78, 5) is 14.8. The molecule has 0 aliphatic carbocycles. The Kier molecular flexibility index (Phi) is 4.65. The number of fused-ring (bicyclic) bond motifs is 4. The predicted molar refractivity (Wildman–Crippen MR) is 123 cm³/mol. The van der Waals surface area contributed by atoms with Crippen LogP contribution in [-0.2, 0) is 5.54 Å². The van der Waals surface area contributed by atoms with Crippen LogP contribution in [0.25, 0.3) is 5.69 Å². The standard InChI is InChI=1S/C25H28N4O2/c1-17-13-18(2)15-19(14-17)26-24(30)28-11-8-25(9-12-28)23-5-4-10-29(23)22-7-6-20(31-3)16-21(22)27-25/h4-7,10,13-16,27H,8-9,11-12H2,1-3H3,(H,26,30). The Labute approximate surface area is 182 Å². The van der Waals surface area contributed by atoms with Crippen LogP contribution in [0.2, 0.25) is 0 Å². The topological polar surface area (TPSA) is 58.5 Å². The minimum Gasteiger partial charge on any atom is -0.497 e. The van der Waals surface area contributed by atoms with Gasteiger partial charge in [0.2, 0.25) is 0 Å². The molecule has 2 aliphatic rings. The summed E-state index contributed by atoms with van der Waals surface area (Å²) in [6, 6.07) is 16.5. The minimum atomic E-state index is -0.195. The van der Waals surface area contributed by atoms with E-state index in [1.807, 2.05) is 36.9 Å². The van der Waals surface area contributed by atoms with Crippen LogP contribution >= 0.6 is 0 Å². The second kappa shape index (κ2) is 7.38. The number of nitrogens with one attached hydrogen (secondary N) is 2. The maximum Gasteiger partial charge on any atom is 0.321 e. The highest BCUT2D eigenvalue weighted by molar-refractivity contribution is 5.89. The van der Waals surface area contributed by atoms with E-state index in [-0.39, 0.29) is 11.6 Å². The molecule has 2 N–H and O–H groups in total. The van der Waals surface area contributed by atoms with E-state index in [1.54, 1.807) is 7.11 Å². The fourth-order valence-corrected chi connectivity index (χ4v) is 4.98. The first-order chi connectivity index (χ1) is 15.0. The van der Waals surface area contributed by atoms with Crippen molar-refractivity contribution < 1.29 is 9.53 Å². The third-order valence-corrected chi connectivity index (χ3v) is 6.45. The van der Waals surface area contributed by atoms with Gasteiger partial charge < -0.3 is 24.8 Å². The van der Waals surface area contributed by atoms with E-state index < -0.39 is 0 Å². The van der Waals surface area contributed by atoms with Crippen molar-refractivity contribution in [1.29, 1.82) is 0 Å². The molecule has 0 saturated carbocycles. The van der Waals surface area contributed by atoms with Gasteiger partial charge >= 0.3 is 6.03 Å². The number of nitrogens with zero attached hydrogens (tertiary/aromatic N) is 2. The number of hydrogen-bond donors (Lipinski definition) is 2. The van der Waals surface area contributed by atoms with Crippen LogP contribution in [0.5, 0.6) is 5.75 Å². The summed E-state index contributed by atoms with van der Waals surface area (Å²) >= 11 is 0. The number of anilines is 2. The first-order valence-electron chi connectivity index (χ1n) is 10.8. The summed E-state index contributed by atoms with van der Waals surface area (Å²) in [6.07, 6.45) is 3.80. The maximum absolute atomic E-state index is 12.9. The second-order valence-corrected chi connectivity index (χ2v) is 8.65. The summed E-state index contributed by atoms with van der Waals surface area (Å²) in [5.41, 5.74) is 6.40. The maximum atomic E-state index is 12.9. The van der Waals surface area contributed by atoms with E-state index in [1.165, 1.54) is 5.69 Å². The smallest absolute Gasteiger partial charge is 0.321 e. The lowest BCUT2D eigenvalue weighted by Crippen LogP contribution is -2.51. The van der Waals surface area contributed by atoms with Gasteiger partial charge in [0.15, 0.2) is 0 Å². The van der Waals surface area contributed by atoms with Crippen LogP contribution in [0.3, 0.4) is 0 Å². The largest absolute Gasteiger partial charge is 0.497 e. The van der Waals surface area contributed by atoms with Gasteiger partial charge in [-0.05, 0) is 74.2 Å². The van der Waals surface area contributed by atoms with Crippen LogP contribution in [0, 0.1) is 13.8 Å². The van der Waals surface area contributed by atoms with E-state index >= 15 is 0 Å². The number of urea groups is 1. The van der Waals surface area contributed by atoms with Crippen molar-refractivity contribution in [3.8, 4) is 11.4 Å². The molecule has 2 aliphatic heterocycles. The zero-order valence-electron chi connectivity index (χ0n) is 18.2. The van der Waals surface area contributed by atoms with Gasteiger partial charge in [-0.3, -0.25) is 0 Å². The second-order valence-electron chi connectivity index (χ2n) is 8.65. The first kappa shape index (κ1) is 19.5. The highest BCUT2D eigenvalue weighted by atomic mass is 16.5. The van der Waals surface area contributed by atoms with Crippen molar-refractivity contribution in [3.63, 3.8) is 0 Å². The number of likely N-dealkylation sites (tertiary alicyclic amines) is 1. The molecule has 6 nitrogen and oxygen atoms in total. The highest BCUT2D eigenvalue weighted by Gasteiger charge is 2.42. The number of piperidine rings is 1. The van der Waals surface area contributed by atoms with E-state index in [9.17, 15) is 4.79 Å². The number of rotatable bonds is 2. The summed E-state index contributed by atoms with van der Waals surface area (Å²) in [7, 11) is 1.69. The molecule has 3 aromatic rings. The van der Waals surface area contributed by atoms with Crippen LogP contribution in [-0.4, -0.2) is 35.7 Å². The molecule has 6 heteroatoms. The first-order valence-corrected chi connectivity index (χ1v) is 10.8. The van der Waals surface area contributed by atoms with Gasteiger partial charge in [-0.25, -0.2) is 4.79 Å². The monoisotopic (exact) mass is 416 g/mol.